The van der Waals surface area contributed by atoms with Crippen LogP contribution in [0.5, 0.6) is 0 Å². The maximum absolute atomic E-state index is 4.12. The third-order valence-electron chi connectivity index (χ3n) is 1.80. The molecule has 0 spiro atoms. The largest absolute Gasteiger partial charge is 0.253 e. The van der Waals surface area contributed by atoms with E-state index in [1.54, 1.807) is 23.7 Å². The van der Waals surface area contributed by atoms with Gasteiger partial charge < -0.3 is 0 Å². The number of thiophene rings is 1. The van der Waals surface area contributed by atoms with E-state index in [0.29, 0.717) is 0 Å². The minimum atomic E-state index is 0.949. The van der Waals surface area contributed by atoms with Crippen LogP contribution in [0.25, 0.3) is 11.0 Å². The van der Waals surface area contributed by atoms with Gasteiger partial charge in [-0.2, -0.15) is 11.3 Å². The zero-order valence-corrected chi connectivity index (χ0v) is 8.89. The van der Waals surface area contributed by atoms with Crippen LogP contribution < -0.4 is 0 Å². The smallest absolute Gasteiger partial charge is 0.0886 e. The SMILES string of the molecule is c1ccc2nccnc2c1.c1ccsc1. The Morgan fingerprint density at radius 3 is 1.67 bits per heavy atom. The molecule has 2 heterocycles. The summed E-state index contributed by atoms with van der Waals surface area (Å²) in [5, 5.41) is 4.08. The van der Waals surface area contributed by atoms with Crippen LogP contribution in [0.2, 0.25) is 0 Å². The second kappa shape index (κ2) is 5.22. The van der Waals surface area contributed by atoms with Gasteiger partial charge >= 0.3 is 0 Å². The number of rotatable bonds is 0. The molecule has 2 aromatic heterocycles. The summed E-state index contributed by atoms with van der Waals surface area (Å²) in [6, 6.07) is 11.8. The molecule has 74 valence electrons. The highest BCUT2D eigenvalue weighted by atomic mass is 32.1. The van der Waals surface area contributed by atoms with E-state index in [0.717, 1.165) is 11.0 Å². The van der Waals surface area contributed by atoms with Gasteiger partial charge in [-0.1, -0.05) is 24.3 Å². The van der Waals surface area contributed by atoms with E-state index >= 15 is 0 Å². The first-order valence-corrected chi connectivity index (χ1v) is 5.54. The lowest BCUT2D eigenvalue weighted by molar-refractivity contribution is 1.29. The quantitative estimate of drug-likeness (QED) is 0.573. The third kappa shape index (κ3) is 2.86. The van der Waals surface area contributed by atoms with E-state index in [2.05, 4.69) is 9.97 Å². The Balaban J connectivity index is 0.000000144. The van der Waals surface area contributed by atoms with Crippen molar-refractivity contribution in [2.45, 2.75) is 0 Å². The van der Waals surface area contributed by atoms with Gasteiger partial charge in [-0.3, -0.25) is 9.97 Å². The van der Waals surface area contributed by atoms with Crippen molar-refractivity contribution in [2.24, 2.45) is 0 Å². The Morgan fingerprint density at radius 2 is 1.27 bits per heavy atom. The fraction of sp³-hybridized carbons (Fsp3) is 0. The normalized spacial score (nSPS) is 9.33. The predicted molar refractivity (Wildman–Crippen MR) is 63.9 cm³/mol. The number of nitrogens with zero attached hydrogens (tertiary/aromatic N) is 2. The van der Waals surface area contributed by atoms with Gasteiger partial charge in [0.2, 0.25) is 0 Å². The zero-order chi connectivity index (χ0) is 10.3. The summed E-state index contributed by atoms with van der Waals surface area (Å²) < 4.78 is 0. The van der Waals surface area contributed by atoms with Crippen LogP contribution in [0.1, 0.15) is 0 Å². The lowest BCUT2D eigenvalue weighted by atomic mass is 10.3. The molecule has 0 aliphatic rings. The first kappa shape index (κ1) is 9.80. The van der Waals surface area contributed by atoms with Crippen LogP contribution in [-0.2, 0) is 0 Å². The molecular formula is C12H10N2S. The number of para-hydroxylation sites is 2. The van der Waals surface area contributed by atoms with E-state index in [9.17, 15) is 0 Å². The van der Waals surface area contributed by atoms with Crippen molar-refractivity contribution >= 4 is 22.4 Å². The summed E-state index contributed by atoms with van der Waals surface area (Å²) in [6.45, 7) is 0. The lowest BCUT2D eigenvalue weighted by Gasteiger charge is -1.90. The van der Waals surface area contributed by atoms with Crippen molar-refractivity contribution in [1.82, 2.24) is 9.97 Å². The Hall–Kier alpha value is -1.74. The van der Waals surface area contributed by atoms with E-state index in [-0.39, 0.29) is 0 Å². The average Bonchev–Trinajstić information content (AvgIpc) is 2.88. The molecule has 0 unspecified atom stereocenters. The van der Waals surface area contributed by atoms with Crippen LogP contribution in [-0.4, -0.2) is 9.97 Å². The molecule has 1 aromatic carbocycles. The minimum absolute atomic E-state index is 0.949. The zero-order valence-electron chi connectivity index (χ0n) is 8.08. The monoisotopic (exact) mass is 214 g/mol. The molecule has 0 atom stereocenters. The van der Waals surface area contributed by atoms with E-state index in [1.165, 1.54) is 0 Å². The van der Waals surface area contributed by atoms with Crippen molar-refractivity contribution in [3.8, 4) is 0 Å². The summed E-state index contributed by atoms with van der Waals surface area (Å²) in [5.41, 5.74) is 1.90. The number of hydrogen-bond acceptors (Lipinski definition) is 3. The molecular weight excluding hydrogens is 204 g/mol. The van der Waals surface area contributed by atoms with Gasteiger partial charge in [0.25, 0.3) is 0 Å². The number of fused-ring (bicyclic) bond motifs is 1. The molecule has 0 radical (unpaired) electrons. The van der Waals surface area contributed by atoms with Crippen molar-refractivity contribution < 1.29 is 0 Å². The Labute approximate surface area is 92.3 Å². The molecule has 0 aliphatic heterocycles. The van der Waals surface area contributed by atoms with Crippen molar-refractivity contribution in [2.75, 3.05) is 0 Å². The van der Waals surface area contributed by atoms with Gasteiger partial charge in [-0.15, -0.1) is 0 Å². The van der Waals surface area contributed by atoms with E-state index < -0.39 is 0 Å². The average molecular weight is 214 g/mol. The number of aromatic nitrogens is 2. The maximum atomic E-state index is 4.12. The highest BCUT2D eigenvalue weighted by Gasteiger charge is 1.88. The van der Waals surface area contributed by atoms with Gasteiger partial charge in [-0.05, 0) is 22.9 Å². The lowest BCUT2D eigenvalue weighted by Crippen LogP contribution is -1.78. The van der Waals surface area contributed by atoms with Gasteiger partial charge in [0.15, 0.2) is 0 Å². The van der Waals surface area contributed by atoms with E-state index in [4.69, 9.17) is 0 Å². The molecule has 0 saturated heterocycles. The van der Waals surface area contributed by atoms with Crippen LogP contribution in [0, 0.1) is 0 Å². The highest BCUT2D eigenvalue weighted by Crippen LogP contribution is 2.04. The Morgan fingerprint density at radius 1 is 0.733 bits per heavy atom. The first-order valence-electron chi connectivity index (χ1n) is 4.60. The van der Waals surface area contributed by atoms with Crippen LogP contribution >= 0.6 is 11.3 Å². The van der Waals surface area contributed by atoms with Crippen molar-refractivity contribution in [3.63, 3.8) is 0 Å². The Bertz CT molecular complexity index is 423. The summed E-state index contributed by atoms with van der Waals surface area (Å²) in [7, 11) is 0. The number of hydrogen-bond donors (Lipinski definition) is 0. The molecule has 0 fully saturated rings. The number of benzene rings is 1. The molecule has 2 nitrogen and oxygen atoms in total. The maximum Gasteiger partial charge on any atom is 0.0886 e. The van der Waals surface area contributed by atoms with Gasteiger partial charge in [0.1, 0.15) is 0 Å². The van der Waals surface area contributed by atoms with E-state index in [1.807, 2.05) is 47.2 Å². The topological polar surface area (TPSA) is 25.8 Å². The molecule has 3 aromatic rings. The predicted octanol–water partition coefficient (Wildman–Crippen LogP) is 3.38. The minimum Gasteiger partial charge on any atom is -0.253 e. The molecule has 0 aliphatic carbocycles. The molecule has 0 amide bonds. The molecule has 3 heteroatoms. The summed E-state index contributed by atoms with van der Waals surface area (Å²) >= 11 is 1.71. The highest BCUT2D eigenvalue weighted by molar-refractivity contribution is 7.07. The standard InChI is InChI=1S/C8H6N2.C4H4S/c1-2-4-8-7(3-1)9-5-6-10-8;1-2-4-5-3-1/h1-6H;1-4H. The molecule has 0 N–H and O–H groups in total. The van der Waals surface area contributed by atoms with Gasteiger partial charge in [-0.25, -0.2) is 0 Å². The van der Waals surface area contributed by atoms with Crippen molar-refractivity contribution in [3.05, 3.63) is 59.6 Å². The summed E-state index contributed by atoms with van der Waals surface area (Å²) in [5.74, 6) is 0. The Kier molecular flexibility index (Phi) is 3.41. The summed E-state index contributed by atoms with van der Waals surface area (Å²) in [6.07, 6.45) is 3.39. The van der Waals surface area contributed by atoms with Crippen LogP contribution in [0.15, 0.2) is 59.6 Å². The first-order chi connectivity index (χ1) is 7.47. The molecule has 0 saturated carbocycles. The summed E-state index contributed by atoms with van der Waals surface area (Å²) in [4.78, 5) is 8.24. The van der Waals surface area contributed by atoms with Crippen molar-refractivity contribution in [1.29, 1.82) is 0 Å². The second-order valence-corrected chi connectivity index (χ2v) is 3.65. The fourth-order valence-electron chi connectivity index (χ4n) is 1.14. The second-order valence-electron chi connectivity index (χ2n) is 2.84. The molecule has 3 rings (SSSR count). The third-order valence-corrected chi connectivity index (χ3v) is 2.43. The fourth-order valence-corrected chi connectivity index (χ4v) is 1.59. The van der Waals surface area contributed by atoms with Crippen LogP contribution in [0.4, 0.5) is 0 Å². The van der Waals surface area contributed by atoms with Gasteiger partial charge in [0, 0.05) is 12.4 Å². The van der Waals surface area contributed by atoms with Crippen LogP contribution in [0.3, 0.4) is 0 Å². The molecule has 0 bridgehead atoms. The van der Waals surface area contributed by atoms with Gasteiger partial charge in [0.05, 0.1) is 11.0 Å². The molecule has 15 heavy (non-hydrogen) atoms.